The van der Waals surface area contributed by atoms with Crippen LogP contribution in [-0.4, -0.2) is 54.2 Å². The minimum Gasteiger partial charge on any atom is -0.383 e. The topological polar surface area (TPSA) is 76.5 Å². The Bertz CT molecular complexity index is 1490. The molecule has 9 heteroatoms. The third-order valence-electron chi connectivity index (χ3n) is 6.62. The number of benzene rings is 3. The number of aromatic nitrogens is 2. The Balaban J connectivity index is 1.78. The van der Waals surface area contributed by atoms with Gasteiger partial charge in [-0.1, -0.05) is 78.3 Å². The van der Waals surface area contributed by atoms with Crippen molar-refractivity contribution in [2.24, 2.45) is 0 Å². The van der Waals surface area contributed by atoms with Gasteiger partial charge in [-0.05, 0) is 30.2 Å². The van der Waals surface area contributed by atoms with Gasteiger partial charge >= 0.3 is 0 Å². The predicted octanol–water partition coefficient (Wildman–Crippen LogP) is 5.43. The first-order valence-corrected chi connectivity index (χ1v) is 14.1. The maximum Gasteiger partial charge on any atom is 0.240 e. The Labute approximate surface area is 237 Å². The smallest absolute Gasteiger partial charge is 0.240 e. The largest absolute Gasteiger partial charge is 0.383 e. The van der Waals surface area contributed by atoms with Crippen molar-refractivity contribution < 1.29 is 14.3 Å². The summed E-state index contributed by atoms with van der Waals surface area (Å²) in [6, 6.07) is 25.5. The lowest BCUT2D eigenvalue weighted by Gasteiger charge is -2.23. The molecule has 0 radical (unpaired) electrons. The lowest BCUT2D eigenvalue weighted by atomic mass is 9.97. The Morgan fingerprint density at radius 1 is 1.08 bits per heavy atom. The van der Waals surface area contributed by atoms with Crippen molar-refractivity contribution in [3.63, 3.8) is 0 Å². The lowest BCUT2D eigenvalue weighted by molar-refractivity contribution is -0.123. The van der Waals surface area contributed by atoms with Crippen LogP contribution in [-0.2, 0) is 14.3 Å². The summed E-state index contributed by atoms with van der Waals surface area (Å²) < 4.78 is 6.79. The molecule has 1 N–H and O–H groups in total. The molecule has 39 heavy (non-hydrogen) atoms. The maximum atomic E-state index is 13.7. The Kier molecular flexibility index (Phi) is 8.35. The number of methoxy groups -OCH3 is 1. The summed E-state index contributed by atoms with van der Waals surface area (Å²) in [6.45, 7) is 2.65. The van der Waals surface area contributed by atoms with Crippen molar-refractivity contribution in [2.45, 2.75) is 12.2 Å². The average Bonchev–Trinajstić information content (AvgIpc) is 3.27. The summed E-state index contributed by atoms with van der Waals surface area (Å²) in [5.41, 5.74) is 5.37. The van der Waals surface area contributed by atoms with E-state index < -0.39 is 0 Å². The Morgan fingerprint density at radius 2 is 1.79 bits per heavy atom. The van der Waals surface area contributed by atoms with Crippen molar-refractivity contribution in [2.75, 3.05) is 37.5 Å². The van der Waals surface area contributed by atoms with Crippen LogP contribution in [0.15, 0.2) is 78.9 Å². The second-order valence-corrected chi connectivity index (χ2v) is 10.7. The van der Waals surface area contributed by atoms with Gasteiger partial charge in [-0.2, -0.15) is 5.10 Å². The van der Waals surface area contributed by atoms with Crippen molar-refractivity contribution in [1.82, 2.24) is 15.1 Å². The van der Waals surface area contributed by atoms with E-state index in [1.54, 1.807) is 34.5 Å². The molecule has 1 atom stereocenters. The fourth-order valence-corrected chi connectivity index (χ4v) is 6.25. The number of ether oxygens (including phenoxy) is 1. The zero-order valence-corrected chi connectivity index (χ0v) is 23.3. The highest BCUT2D eigenvalue weighted by atomic mass is 35.5. The molecule has 0 saturated heterocycles. The second kappa shape index (κ2) is 12.1. The van der Waals surface area contributed by atoms with E-state index in [1.165, 1.54) is 0 Å². The van der Waals surface area contributed by atoms with E-state index in [9.17, 15) is 9.59 Å². The molecule has 200 valence electrons. The second-order valence-electron chi connectivity index (χ2n) is 9.19. The van der Waals surface area contributed by atoms with Gasteiger partial charge in [-0.25, -0.2) is 4.68 Å². The molecule has 1 unspecified atom stereocenters. The minimum absolute atomic E-state index is 0.152. The van der Waals surface area contributed by atoms with E-state index in [1.807, 2.05) is 60.7 Å². The van der Waals surface area contributed by atoms with Crippen LogP contribution >= 0.6 is 23.4 Å². The van der Waals surface area contributed by atoms with Gasteiger partial charge < -0.3 is 10.1 Å². The lowest BCUT2D eigenvalue weighted by Crippen LogP contribution is -2.43. The number of anilines is 1. The number of rotatable bonds is 8. The van der Waals surface area contributed by atoms with E-state index in [2.05, 4.69) is 24.4 Å². The van der Waals surface area contributed by atoms with Gasteiger partial charge in [-0.15, -0.1) is 11.8 Å². The average molecular weight is 561 g/mol. The molecule has 0 saturated carbocycles. The van der Waals surface area contributed by atoms with E-state index in [0.29, 0.717) is 29.7 Å². The number of halogens is 1. The van der Waals surface area contributed by atoms with Crippen LogP contribution in [0.2, 0.25) is 5.02 Å². The third kappa shape index (κ3) is 5.59. The van der Waals surface area contributed by atoms with Crippen molar-refractivity contribution in [3.8, 4) is 16.9 Å². The van der Waals surface area contributed by atoms with Crippen LogP contribution in [0.1, 0.15) is 21.9 Å². The van der Waals surface area contributed by atoms with Gasteiger partial charge in [0.15, 0.2) is 0 Å². The molecule has 3 aromatic carbocycles. The Morgan fingerprint density at radius 3 is 2.54 bits per heavy atom. The number of aryl methyl sites for hydroxylation is 1. The van der Waals surface area contributed by atoms with Crippen molar-refractivity contribution in [3.05, 3.63) is 101 Å². The first-order valence-electron chi connectivity index (χ1n) is 12.7. The van der Waals surface area contributed by atoms with Crippen LogP contribution in [0, 0.1) is 6.92 Å². The normalized spacial score (nSPS) is 15.1. The summed E-state index contributed by atoms with van der Waals surface area (Å²) in [5, 5.41) is 8.22. The summed E-state index contributed by atoms with van der Waals surface area (Å²) in [6.07, 6.45) is 0. The highest BCUT2D eigenvalue weighted by Gasteiger charge is 2.38. The van der Waals surface area contributed by atoms with Crippen LogP contribution in [0.4, 0.5) is 5.82 Å². The van der Waals surface area contributed by atoms with E-state index >= 15 is 0 Å². The molecule has 0 bridgehead atoms. The Hall–Kier alpha value is -3.59. The highest BCUT2D eigenvalue weighted by molar-refractivity contribution is 8.00. The van der Waals surface area contributed by atoms with Gasteiger partial charge in [-0.3, -0.25) is 14.5 Å². The molecule has 5 rings (SSSR count). The molecule has 0 aliphatic carbocycles. The van der Waals surface area contributed by atoms with Gasteiger partial charge in [0.1, 0.15) is 12.4 Å². The zero-order chi connectivity index (χ0) is 27.4. The molecule has 2 amide bonds. The fourth-order valence-electron chi connectivity index (χ4n) is 4.74. The first-order chi connectivity index (χ1) is 19.0. The molecule has 2 heterocycles. The molecule has 0 spiro atoms. The molecule has 1 aliphatic rings. The number of nitrogens with one attached hydrogen (secondary N) is 1. The summed E-state index contributed by atoms with van der Waals surface area (Å²) in [5.74, 6) is 0.300. The zero-order valence-electron chi connectivity index (χ0n) is 21.8. The van der Waals surface area contributed by atoms with Gasteiger partial charge in [0.25, 0.3) is 0 Å². The van der Waals surface area contributed by atoms with Crippen LogP contribution in [0.3, 0.4) is 0 Å². The summed E-state index contributed by atoms with van der Waals surface area (Å²) in [7, 11) is 1.58. The number of para-hydroxylation sites is 1. The number of hydrogen-bond donors (Lipinski definition) is 1. The number of nitrogens with zero attached hydrogens (tertiary/aromatic N) is 3. The number of fused-ring (bicyclic) bond motifs is 1. The highest BCUT2D eigenvalue weighted by Crippen LogP contribution is 2.49. The fraction of sp³-hybridized carbons (Fsp3) is 0.233. The molecule has 1 aliphatic heterocycles. The monoisotopic (exact) mass is 560 g/mol. The van der Waals surface area contributed by atoms with Gasteiger partial charge in [0, 0.05) is 24.8 Å². The third-order valence-corrected chi connectivity index (χ3v) is 8.17. The number of carbonyl (C=O) groups excluding carboxylic acids is 2. The minimum atomic E-state index is -0.279. The molecule has 4 aromatic rings. The van der Waals surface area contributed by atoms with Gasteiger partial charge in [0.2, 0.25) is 11.8 Å². The number of amides is 2. The number of hydrogen-bond acceptors (Lipinski definition) is 5. The molecular formula is C30H29ClN4O3S. The van der Waals surface area contributed by atoms with Crippen LogP contribution in [0.25, 0.3) is 16.9 Å². The van der Waals surface area contributed by atoms with Crippen LogP contribution in [0.5, 0.6) is 0 Å². The molecule has 0 fully saturated rings. The van der Waals surface area contributed by atoms with E-state index in [-0.39, 0.29) is 29.4 Å². The van der Waals surface area contributed by atoms with Crippen molar-refractivity contribution in [1.29, 1.82) is 0 Å². The van der Waals surface area contributed by atoms with Crippen LogP contribution < -0.4 is 10.2 Å². The molecule has 1 aromatic heterocycles. The SMILES string of the molecule is COCCNC(=O)CN1C(=O)CSC(c2ccccc2C)c2c(-c3ccccc3)nn(-c3ccccc3Cl)c21. The maximum absolute atomic E-state index is 13.7. The first kappa shape index (κ1) is 27.0. The number of carbonyl (C=O) groups is 2. The molecular weight excluding hydrogens is 532 g/mol. The van der Waals surface area contributed by atoms with Gasteiger partial charge in [0.05, 0.1) is 34.0 Å². The standard InChI is InChI=1S/C30H29ClN4O3S/c1-20-10-6-7-13-22(20)29-27-28(21-11-4-3-5-12-21)33-35(24-15-9-8-14-23(24)31)30(27)34(26(37)19-39-29)18-25(36)32-16-17-38-2/h3-15,29H,16-19H2,1-2H3,(H,32,36). The number of thioether (sulfide) groups is 1. The van der Waals surface area contributed by atoms with E-state index in [0.717, 1.165) is 27.9 Å². The molecule has 7 nitrogen and oxygen atoms in total. The summed E-state index contributed by atoms with van der Waals surface area (Å²) in [4.78, 5) is 28.3. The summed E-state index contributed by atoms with van der Waals surface area (Å²) >= 11 is 8.23. The quantitative estimate of drug-likeness (QED) is 0.291. The van der Waals surface area contributed by atoms with E-state index in [4.69, 9.17) is 21.4 Å². The predicted molar refractivity (Wildman–Crippen MR) is 157 cm³/mol. The van der Waals surface area contributed by atoms with Crippen molar-refractivity contribution >= 4 is 41.0 Å².